The Morgan fingerprint density at radius 3 is 2.54 bits per heavy atom. The smallest absolute Gasteiger partial charge is 0.337 e. The van der Waals surface area contributed by atoms with Gasteiger partial charge < -0.3 is 4.84 Å². The standard InChI is InChI=1S/C16H10F3N5O3S/c1-22-10-4-2-3-5-11(10)23-14(27-22)20-21-15(23)28-13-7-6-9(16(17,18)19)8-12(13)24(25)26/h2-8H,1H3. The van der Waals surface area contributed by atoms with Crippen molar-refractivity contribution in [3.8, 4) is 11.7 Å². The highest BCUT2D eigenvalue weighted by atomic mass is 32.2. The number of rotatable bonds is 3. The van der Waals surface area contributed by atoms with E-state index in [9.17, 15) is 23.3 Å². The molecule has 4 rings (SSSR count). The van der Waals surface area contributed by atoms with Gasteiger partial charge in [-0.05, 0) is 36.0 Å². The molecule has 3 aromatic rings. The molecule has 0 amide bonds. The molecule has 1 aromatic heterocycles. The Morgan fingerprint density at radius 1 is 1.14 bits per heavy atom. The fraction of sp³-hybridized carbons (Fsp3) is 0.125. The molecule has 12 heteroatoms. The SMILES string of the molecule is CN1Oc2nnc(Sc3ccc(C(F)(F)F)cc3[N+](=O)[O-])n2-c2ccccc21. The molecule has 0 bridgehead atoms. The van der Waals surface area contributed by atoms with Crippen molar-refractivity contribution >= 4 is 23.1 Å². The number of hydrogen-bond donors (Lipinski definition) is 0. The number of halogens is 3. The van der Waals surface area contributed by atoms with E-state index < -0.39 is 22.4 Å². The third kappa shape index (κ3) is 3.01. The van der Waals surface area contributed by atoms with Gasteiger partial charge >= 0.3 is 12.2 Å². The van der Waals surface area contributed by atoms with Crippen LogP contribution >= 0.6 is 11.8 Å². The van der Waals surface area contributed by atoms with Gasteiger partial charge in [-0.1, -0.05) is 17.2 Å². The number of nitro groups is 1. The summed E-state index contributed by atoms with van der Waals surface area (Å²) in [6.07, 6.45) is -4.68. The van der Waals surface area contributed by atoms with Crippen molar-refractivity contribution in [2.24, 2.45) is 0 Å². The van der Waals surface area contributed by atoms with Gasteiger partial charge in [0.1, 0.15) is 0 Å². The zero-order valence-electron chi connectivity index (χ0n) is 14.0. The molecule has 0 atom stereocenters. The maximum absolute atomic E-state index is 12.9. The van der Waals surface area contributed by atoms with E-state index in [0.29, 0.717) is 17.4 Å². The predicted octanol–water partition coefficient (Wildman–Crippen LogP) is 4.09. The molecule has 0 saturated carbocycles. The zero-order valence-corrected chi connectivity index (χ0v) is 14.9. The van der Waals surface area contributed by atoms with Crippen LogP contribution in [0.25, 0.3) is 5.69 Å². The van der Waals surface area contributed by atoms with Gasteiger partial charge in [-0.15, -0.1) is 5.10 Å². The number of anilines is 1. The van der Waals surface area contributed by atoms with Gasteiger partial charge in [0, 0.05) is 13.1 Å². The Kier molecular flexibility index (Phi) is 4.14. The highest BCUT2D eigenvalue weighted by Gasteiger charge is 2.34. The van der Waals surface area contributed by atoms with E-state index in [4.69, 9.17) is 4.84 Å². The third-order valence-corrected chi connectivity index (χ3v) is 4.98. The summed E-state index contributed by atoms with van der Waals surface area (Å²) in [7, 11) is 1.69. The van der Waals surface area contributed by atoms with Crippen LogP contribution in [0.1, 0.15) is 5.56 Å². The van der Waals surface area contributed by atoms with Gasteiger partial charge in [0.15, 0.2) is 0 Å². The number of alkyl halides is 3. The van der Waals surface area contributed by atoms with Crippen molar-refractivity contribution in [3.63, 3.8) is 0 Å². The van der Waals surface area contributed by atoms with Crippen LogP contribution in [0.5, 0.6) is 6.01 Å². The maximum Gasteiger partial charge on any atom is 0.416 e. The van der Waals surface area contributed by atoms with E-state index in [1.807, 2.05) is 6.07 Å². The highest BCUT2D eigenvalue weighted by molar-refractivity contribution is 7.99. The Morgan fingerprint density at radius 2 is 1.86 bits per heavy atom. The van der Waals surface area contributed by atoms with E-state index in [0.717, 1.165) is 23.9 Å². The summed E-state index contributed by atoms with van der Waals surface area (Å²) >= 11 is 0.830. The first-order valence-electron chi connectivity index (χ1n) is 7.75. The lowest BCUT2D eigenvalue weighted by atomic mass is 10.2. The summed E-state index contributed by atoms with van der Waals surface area (Å²) in [4.78, 5) is 16.0. The number of nitrogens with zero attached hydrogens (tertiary/aromatic N) is 5. The zero-order chi connectivity index (χ0) is 20.1. The molecule has 0 aliphatic carbocycles. The van der Waals surface area contributed by atoms with Crippen molar-refractivity contribution < 1.29 is 22.9 Å². The van der Waals surface area contributed by atoms with Gasteiger partial charge in [0.05, 0.1) is 26.8 Å². The minimum atomic E-state index is -4.68. The fourth-order valence-electron chi connectivity index (χ4n) is 2.70. The second-order valence-electron chi connectivity index (χ2n) is 5.72. The Hall–Kier alpha value is -3.28. The molecule has 0 spiro atoms. The second-order valence-corrected chi connectivity index (χ2v) is 6.73. The van der Waals surface area contributed by atoms with Gasteiger partial charge in [0.25, 0.3) is 5.69 Å². The molecule has 0 N–H and O–H groups in total. The Labute approximate surface area is 159 Å². The predicted molar refractivity (Wildman–Crippen MR) is 92.6 cm³/mol. The van der Waals surface area contributed by atoms with E-state index in [2.05, 4.69) is 10.2 Å². The average molecular weight is 409 g/mol. The summed E-state index contributed by atoms with van der Waals surface area (Å²) in [5, 5.41) is 20.9. The summed E-state index contributed by atoms with van der Waals surface area (Å²) in [5.41, 5.74) is -0.381. The van der Waals surface area contributed by atoms with Crippen LogP contribution in [0.15, 0.2) is 52.5 Å². The molecule has 0 saturated heterocycles. The van der Waals surface area contributed by atoms with Crippen LogP contribution in [0.4, 0.5) is 24.5 Å². The Balaban J connectivity index is 1.78. The topological polar surface area (TPSA) is 86.3 Å². The van der Waals surface area contributed by atoms with E-state index in [1.54, 1.807) is 29.8 Å². The summed E-state index contributed by atoms with van der Waals surface area (Å²) in [5.74, 6) is 0. The van der Waals surface area contributed by atoms with Crippen molar-refractivity contribution in [1.82, 2.24) is 14.8 Å². The third-order valence-electron chi connectivity index (χ3n) is 3.97. The number of benzene rings is 2. The van der Waals surface area contributed by atoms with Crippen molar-refractivity contribution in [3.05, 3.63) is 58.1 Å². The second kappa shape index (κ2) is 6.41. The van der Waals surface area contributed by atoms with Crippen molar-refractivity contribution in [2.75, 3.05) is 12.1 Å². The van der Waals surface area contributed by atoms with Crippen LogP contribution in [0.2, 0.25) is 0 Å². The lowest BCUT2D eigenvalue weighted by molar-refractivity contribution is -0.388. The molecule has 8 nitrogen and oxygen atoms in total. The molecule has 2 aromatic carbocycles. The minimum absolute atomic E-state index is 0.00427. The van der Waals surface area contributed by atoms with Crippen LogP contribution in [0.3, 0.4) is 0 Å². The first-order valence-corrected chi connectivity index (χ1v) is 8.57. The molecular weight excluding hydrogens is 399 g/mol. The first-order chi connectivity index (χ1) is 13.3. The molecule has 0 radical (unpaired) electrons. The van der Waals surface area contributed by atoms with Gasteiger partial charge in [-0.25, -0.2) is 9.63 Å². The molecule has 28 heavy (non-hydrogen) atoms. The molecule has 144 valence electrons. The fourth-order valence-corrected chi connectivity index (χ4v) is 3.62. The van der Waals surface area contributed by atoms with E-state index >= 15 is 0 Å². The lowest BCUT2D eigenvalue weighted by Crippen LogP contribution is -2.28. The first kappa shape index (κ1) is 18.1. The van der Waals surface area contributed by atoms with Gasteiger partial charge in [-0.3, -0.25) is 10.1 Å². The van der Waals surface area contributed by atoms with Crippen LogP contribution in [0, 0.1) is 10.1 Å². The quantitative estimate of drug-likeness (QED) is 0.476. The largest absolute Gasteiger partial charge is 0.416 e. The lowest BCUT2D eigenvalue weighted by Gasteiger charge is -2.27. The molecular formula is C16H10F3N5O3S. The molecule has 0 fully saturated rings. The summed E-state index contributed by atoms with van der Waals surface area (Å²) in [6.45, 7) is 0. The van der Waals surface area contributed by atoms with Crippen LogP contribution in [-0.4, -0.2) is 26.7 Å². The monoisotopic (exact) mass is 409 g/mol. The number of hydrogen-bond acceptors (Lipinski definition) is 7. The number of para-hydroxylation sites is 2. The average Bonchev–Trinajstić information content (AvgIpc) is 3.04. The number of hydroxylamine groups is 1. The Bertz CT molecular complexity index is 1090. The van der Waals surface area contributed by atoms with Gasteiger partial charge in [-0.2, -0.15) is 13.2 Å². The van der Waals surface area contributed by atoms with Crippen molar-refractivity contribution in [1.29, 1.82) is 0 Å². The molecule has 0 unspecified atom stereocenters. The van der Waals surface area contributed by atoms with Crippen molar-refractivity contribution in [2.45, 2.75) is 16.2 Å². The number of aromatic nitrogens is 3. The summed E-state index contributed by atoms with van der Waals surface area (Å²) < 4.78 is 40.2. The minimum Gasteiger partial charge on any atom is -0.337 e. The number of nitro benzene ring substituents is 1. The maximum atomic E-state index is 12.9. The number of fused-ring (bicyclic) bond motifs is 3. The molecule has 2 heterocycles. The van der Waals surface area contributed by atoms with E-state index in [-0.39, 0.29) is 16.1 Å². The van der Waals surface area contributed by atoms with Crippen LogP contribution < -0.4 is 9.90 Å². The summed E-state index contributed by atoms with van der Waals surface area (Å²) in [6, 6.07) is 9.67. The normalized spacial score (nSPS) is 12.9. The van der Waals surface area contributed by atoms with Gasteiger partial charge in [0.2, 0.25) is 5.16 Å². The molecule has 1 aliphatic heterocycles. The van der Waals surface area contributed by atoms with Crippen LogP contribution in [-0.2, 0) is 6.18 Å². The van der Waals surface area contributed by atoms with E-state index in [1.165, 1.54) is 5.06 Å². The molecule has 1 aliphatic rings. The highest BCUT2D eigenvalue weighted by Crippen LogP contribution is 2.42.